The Balaban J connectivity index is 4.24. The van der Waals surface area contributed by atoms with Gasteiger partial charge < -0.3 is 5.11 Å². The Morgan fingerprint density at radius 2 is 2.17 bits per heavy atom. The summed E-state index contributed by atoms with van der Waals surface area (Å²) in [5, 5.41) is 8.48. The predicted molar refractivity (Wildman–Crippen MR) is 41.2 cm³/mol. The van der Waals surface area contributed by atoms with Crippen LogP contribution < -0.4 is 0 Å². The molecule has 4 heteroatoms. The van der Waals surface area contributed by atoms with Crippen molar-refractivity contribution in [3.8, 4) is 0 Å². The van der Waals surface area contributed by atoms with Crippen molar-refractivity contribution in [2.45, 2.75) is 26.2 Å². The van der Waals surface area contributed by atoms with Gasteiger partial charge in [-0.2, -0.15) is 0 Å². The zero-order valence-corrected chi connectivity index (χ0v) is 7.05. The highest BCUT2D eigenvalue weighted by molar-refractivity contribution is 5.72. The molecule has 0 saturated carbocycles. The van der Waals surface area contributed by atoms with Crippen molar-refractivity contribution < 1.29 is 18.7 Å². The van der Waals surface area contributed by atoms with Crippen LogP contribution in [0.5, 0.6) is 0 Å². The number of rotatable bonds is 4. The van der Waals surface area contributed by atoms with Crippen molar-refractivity contribution in [2.24, 2.45) is 5.92 Å². The molecule has 2 nitrogen and oxygen atoms in total. The number of allylic oxidation sites excluding steroid dienone is 1. The Morgan fingerprint density at radius 3 is 2.42 bits per heavy atom. The summed E-state index contributed by atoms with van der Waals surface area (Å²) in [6.45, 7) is 2.32. The van der Waals surface area contributed by atoms with E-state index in [1.165, 1.54) is 12.2 Å². The third kappa shape index (κ3) is 4.82. The van der Waals surface area contributed by atoms with Crippen molar-refractivity contribution in [3.05, 3.63) is 12.2 Å². The fourth-order valence-electron chi connectivity index (χ4n) is 0.856. The van der Waals surface area contributed by atoms with Crippen LogP contribution in [0, 0.1) is 5.92 Å². The van der Waals surface area contributed by atoms with Crippen LogP contribution in [0.15, 0.2) is 12.2 Å². The third-order valence-corrected chi connectivity index (χ3v) is 1.32. The Morgan fingerprint density at radius 1 is 1.67 bits per heavy atom. The van der Waals surface area contributed by atoms with E-state index in [9.17, 15) is 13.6 Å². The number of carboxylic acids is 1. The highest BCUT2D eigenvalue weighted by Crippen LogP contribution is 2.23. The van der Waals surface area contributed by atoms with E-state index in [0.717, 1.165) is 0 Å². The molecule has 1 atom stereocenters. The van der Waals surface area contributed by atoms with Gasteiger partial charge >= 0.3 is 5.97 Å². The lowest BCUT2D eigenvalue weighted by Gasteiger charge is -2.13. The molecule has 12 heavy (non-hydrogen) atoms. The zero-order valence-electron chi connectivity index (χ0n) is 7.05. The molecule has 0 heterocycles. The molecule has 0 aliphatic carbocycles. The molecular weight excluding hydrogens is 166 g/mol. The van der Waals surface area contributed by atoms with Gasteiger partial charge in [-0.05, 0) is 13.8 Å². The highest BCUT2D eigenvalue weighted by atomic mass is 19.3. The molecule has 0 radical (unpaired) electrons. The fourth-order valence-corrected chi connectivity index (χ4v) is 0.856. The minimum absolute atomic E-state index is 0.646. The summed E-state index contributed by atoms with van der Waals surface area (Å²) < 4.78 is 24.7. The van der Waals surface area contributed by atoms with Gasteiger partial charge in [-0.25, -0.2) is 8.78 Å². The minimum atomic E-state index is -2.93. The number of halogens is 2. The first kappa shape index (κ1) is 11.1. The van der Waals surface area contributed by atoms with E-state index >= 15 is 0 Å². The van der Waals surface area contributed by atoms with Gasteiger partial charge in [-0.3, -0.25) is 4.79 Å². The van der Waals surface area contributed by atoms with Crippen molar-refractivity contribution in [1.29, 1.82) is 0 Å². The van der Waals surface area contributed by atoms with E-state index in [1.807, 2.05) is 0 Å². The molecule has 1 unspecified atom stereocenters. The lowest BCUT2D eigenvalue weighted by Crippen LogP contribution is -2.21. The molecule has 0 aliphatic heterocycles. The van der Waals surface area contributed by atoms with Gasteiger partial charge in [0.2, 0.25) is 5.92 Å². The van der Waals surface area contributed by atoms with Gasteiger partial charge in [0, 0.05) is 6.42 Å². The Bertz CT molecular complexity index is 182. The van der Waals surface area contributed by atoms with Crippen molar-refractivity contribution >= 4 is 5.97 Å². The van der Waals surface area contributed by atoms with Crippen LogP contribution in [0.3, 0.4) is 0 Å². The lowest BCUT2D eigenvalue weighted by atomic mass is 10.0. The Kier molecular flexibility index (Phi) is 3.86. The quantitative estimate of drug-likeness (QED) is 0.670. The topological polar surface area (TPSA) is 37.3 Å². The number of hydrogen-bond donors (Lipinski definition) is 1. The fraction of sp³-hybridized carbons (Fsp3) is 0.625. The number of carboxylic acid groups (broad SMARTS) is 1. The van der Waals surface area contributed by atoms with Gasteiger partial charge in [-0.15, -0.1) is 0 Å². The minimum Gasteiger partial charge on any atom is -0.481 e. The largest absolute Gasteiger partial charge is 0.481 e. The van der Waals surface area contributed by atoms with Crippen molar-refractivity contribution in [3.63, 3.8) is 0 Å². The zero-order chi connectivity index (χ0) is 9.78. The maximum absolute atomic E-state index is 12.4. The van der Waals surface area contributed by atoms with Gasteiger partial charge in [0.05, 0.1) is 5.92 Å². The number of hydrogen-bond acceptors (Lipinski definition) is 1. The molecule has 0 aromatic heterocycles. The van der Waals surface area contributed by atoms with Crippen molar-refractivity contribution in [1.82, 2.24) is 0 Å². The average molecular weight is 178 g/mol. The summed E-state index contributed by atoms with van der Waals surface area (Å²) >= 11 is 0. The van der Waals surface area contributed by atoms with Gasteiger partial charge in [0.15, 0.2) is 0 Å². The highest BCUT2D eigenvalue weighted by Gasteiger charge is 2.28. The van der Waals surface area contributed by atoms with Crippen LogP contribution in [0.4, 0.5) is 8.78 Å². The molecule has 0 aromatic carbocycles. The first-order valence-corrected chi connectivity index (χ1v) is 3.60. The maximum atomic E-state index is 12.4. The first-order valence-electron chi connectivity index (χ1n) is 3.60. The van der Waals surface area contributed by atoms with E-state index in [0.29, 0.717) is 6.92 Å². The third-order valence-electron chi connectivity index (χ3n) is 1.32. The predicted octanol–water partition coefficient (Wildman–Crippen LogP) is 2.31. The first-order chi connectivity index (χ1) is 5.37. The van der Waals surface area contributed by atoms with Crippen LogP contribution in [0.25, 0.3) is 0 Å². The van der Waals surface area contributed by atoms with E-state index in [-0.39, 0.29) is 0 Å². The summed E-state index contributed by atoms with van der Waals surface area (Å²) in [4.78, 5) is 10.4. The summed E-state index contributed by atoms with van der Waals surface area (Å²) in [6.07, 6.45) is 2.08. The number of aliphatic carboxylic acids is 1. The van der Waals surface area contributed by atoms with E-state index in [1.54, 1.807) is 6.92 Å². The van der Waals surface area contributed by atoms with Gasteiger partial charge in [0.25, 0.3) is 0 Å². The van der Waals surface area contributed by atoms with Crippen LogP contribution in [0.1, 0.15) is 20.3 Å². The Labute approximate surface area is 69.9 Å². The maximum Gasteiger partial charge on any atom is 0.310 e. The molecule has 70 valence electrons. The molecule has 0 rings (SSSR count). The average Bonchev–Trinajstić information content (AvgIpc) is 1.83. The second kappa shape index (κ2) is 4.18. The van der Waals surface area contributed by atoms with Gasteiger partial charge in [-0.1, -0.05) is 12.2 Å². The molecule has 1 N–H and O–H groups in total. The van der Waals surface area contributed by atoms with E-state index in [2.05, 4.69) is 0 Å². The van der Waals surface area contributed by atoms with Crippen LogP contribution in [-0.2, 0) is 4.79 Å². The molecular formula is C8H12F2O2. The van der Waals surface area contributed by atoms with E-state index < -0.39 is 24.2 Å². The summed E-state index contributed by atoms with van der Waals surface area (Å²) in [5.74, 6) is -5.23. The van der Waals surface area contributed by atoms with Crippen molar-refractivity contribution in [2.75, 3.05) is 0 Å². The molecule has 0 spiro atoms. The second-order valence-electron chi connectivity index (χ2n) is 2.74. The normalized spacial score (nSPS) is 15.0. The van der Waals surface area contributed by atoms with Gasteiger partial charge in [0.1, 0.15) is 0 Å². The van der Waals surface area contributed by atoms with E-state index in [4.69, 9.17) is 5.11 Å². The smallest absolute Gasteiger partial charge is 0.310 e. The summed E-state index contributed by atoms with van der Waals surface area (Å²) in [7, 11) is 0. The Hall–Kier alpha value is -0.930. The molecule has 0 aromatic rings. The number of alkyl halides is 2. The second-order valence-corrected chi connectivity index (χ2v) is 2.74. The SMILES string of the molecule is C/C=C/C(CC(C)(F)F)C(=O)O. The monoisotopic (exact) mass is 178 g/mol. The molecule has 0 aliphatic rings. The summed E-state index contributed by atoms with van der Waals surface area (Å²) in [6, 6.07) is 0. The van der Waals surface area contributed by atoms with Crippen LogP contribution in [-0.4, -0.2) is 17.0 Å². The van der Waals surface area contributed by atoms with Crippen LogP contribution >= 0.6 is 0 Å². The molecule has 0 saturated heterocycles. The lowest BCUT2D eigenvalue weighted by molar-refractivity contribution is -0.142. The summed E-state index contributed by atoms with van der Waals surface area (Å²) in [5.41, 5.74) is 0. The molecule has 0 bridgehead atoms. The standard InChI is InChI=1S/C8H12F2O2/c1-3-4-6(7(11)12)5-8(2,9)10/h3-4,6H,5H2,1-2H3,(H,11,12)/b4-3+. The molecule has 0 fully saturated rings. The van der Waals surface area contributed by atoms with Crippen LogP contribution in [0.2, 0.25) is 0 Å². The molecule has 0 amide bonds. The number of carbonyl (C=O) groups is 1.